The Morgan fingerprint density at radius 1 is 1.13 bits per heavy atom. The SMILES string of the molecule is CCC(C)(C)C1CCC(NC(C)CNC(=O)OC(C)(C)C)CC1. The van der Waals surface area contributed by atoms with E-state index in [-0.39, 0.29) is 12.1 Å². The first-order valence-electron chi connectivity index (χ1n) is 9.26. The molecule has 0 aromatic carbocycles. The molecule has 0 heterocycles. The quantitative estimate of drug-likeness (QED) is 0.756. The lowest BCUT2D eigenvalue weighted by Crippen LogP contribution is -2.46. The lowest BCUT2D eigenvalue weighted by molar-refractivity contribution is 0.0521. The Bertz CT molecular complexity index is 366. The molecule has 23 heavy (non-hydrogen) atoms. The van der Waals surface area contributed by atoms with E-state index in [0.29, 0.717) is 18.0 Å². The van der Waals surface area contributed by atoms with Crippen molar-refractivity contribution in [2.75, 3.05) is 6.54 Å². The second-order valence-electron chi connectivity index (χ2n) is 8.84. The number of rotatable bonds is 6. The summed E-state index contributed by atoms with van der Waals surface area (Å²) >= 11 is 0. The summed E-state index contributed by atoms with van der Waals surface area (Å²) in [5, 5.41) is 6.50. The van der Waals surface area contributed by atoms with Gasteiger partial charge in [-0.3, -0.25) is 0 Å². The van der Waals surface area contributed by atoms with Crippen LogP contribution < -0.4 is 10.6 Å². The van der Waals surface area contributed by atoms with E-state index in [1.54, 1.807) is 0 Å². The Hall–Kier alpha value is -0.770. The molecule has 1 rings (SSSR count). The summed E-state index contributed by atoms with van der Waals surface area (Å²) in [6, 6.07) is 0.845. The highest BCUT2D eigenvalue weighted by Crippen LogP contribution is 2.40. The Labute approximate surface area is 143 Å². The molecular weight excluding hydrogens is 288 g/mol. The topological polar surface area (TPSA) is 50.4 Å². The second kappa shape index (κ2) is 8.36. The molecule has 1 unspecified atom stereocenters. The summed E-state index contributed by atoms with van der Waals surface area (Å²) in [6.45, 7) is 15.5. The van der Waals surface area contributed by atoms with Gasteiger partial charge in [-0.15, -0.1) is 0 Å². The van der Waals surface area contributed by atoms with Crippen LogP contribution >= 0.6 is 0 Å². The zero-order valence-electron chi connectivity index (χ0n) is 16.3. The maximum atomic E-state index is 11.7. The summed E-state index contributed by atoms with van der Waals surface area (Å²) in [5.41, 5.74) is 0.0278. The monoisotopic (exact) mass is 326 g/mol. The number of alkyl carbamates (subject to hydrolysis) is 1. The van der Waals surface area contributed by atoms with E-state index in [0.717, 1.165) is 5.92 Å². The molecule has 0 spiro atoms. The molecule has 4 nitrogen and oxygen atoms in total. The standard InChI is InChI=1S/C19H38N2O2/c1-8-19(6,7)15-9-11-16(12-10-15)21-14(2)13-20-17(22)23-18(3,4)5/h14-16,21H,8-13H2,1-7H3,(H,20,22). The number of hydrogen-bond donors (Lipinski definition) is 2. The van der Waals surface area contributed by atoms with Gasteiger partial charge in [0.1, 0.15) is 5.60 Å². The van der Waals surface area contributed by atoms with E-state index in [1.807, 2.05) is 20.8 Å². The van der Waals surface area contributed by atoms with Crippen molar-refractivity contribution in [3.05, 3.63) is 0 Å². The van der Waals surface area contributed by atoms with Crippen LogP contribution in [0.25, 0.3) is 0 Å². The molecule has 0 aromatic heterocycles. The van der Waals surface area contributed by atoms with Crippen LogP contribution in [-0.4, -0.2) is 30.3 Å². The highest BCUT2D eigenvalue weighted by Gasteiger charge is 2.32. The maximum absolute atomic E-state index is 11.7. The predicted octanol–water partition coefficient (Wildman–Crippen LogP) is 4.48. The Balaban J connectivity index is 2.26. The van der Waals surface area contributed by atoms with Crippen molar-refractivity contribution in [2.45, 2.75) is 98.3 Å². The maximum Gasteiger partial charge on any atom is 0.407 e. The Morgan fingerprint density at radius 3 is 2.17 bits per heavy atom. The summed E-state index contributed by atoms with van der Waals surface area (Å²) in [4.78, 5) is 11.7. The van der Waals surface area contributed by atoms with E-state index in [2.05, 4.69) is 38.3 Å². The fraction of sp³-hybridized carbons (Fsp3) is 0.947. The van der Waals surface area contributed by atoms with Crippen molar-refractivity contribution in [3.63, 3.8) is 0 Å². The molecular formula is C19H38N2O2. The number of amides is 1. The molecule has 0 radical (unpaired) electrons. The van der Waals surface area contributed by atoms with E-state index in [1.165, 1.54) is 32.1 Å². The summed E-state index contributed by atoms with van der Waals surface area (Å²) in [6.07, 6.45) is 6.02. The van der Waals surface area contributed by atoms with Gasteiger partial charge in [-0.1, -0.05) is 27.2 Å². The van der Waals surface area contributed by atoms with E-state index in [9.17, 15) is 4.79 Å². The zero-order valence-corrected chi connectivity index (χ0v) is 16.3. The van der Waals surface area contributed by atoms with Crippen molar-refractivity contribution in [3.8, 4) is 0 Å². The Kier molecular flexibility index (Phi) is 7.37. The number of ether oxygens (including phenoxy) is 1. The van der Waals surface area contributed by atoms with Crippen LogP contribution in [0.3, 0.4) is 0 Å². The molecule has 1 aliphatic carbocycles. The largest absolute Gasteiger partial charge is 0.444 e. The van der Waals surface area contributed by atoms with Gasteiger partial charge >= 0.3 is 6.09 Å². The van der Waals surface area contributed by atoms with E-state index in [4.69, 9.17) is 4.74 Å². The minimum absolute atomic E-state index is 0.267. The smallest absolute Gasteiger partial charge is 0.407 e. The molecule has 1 fully saturated rings. The van der Waals surface area contributed by atoms with Crippen LogP contribution in [0.2, 0.25) is 0 Å². The molecule has 1 atom stereocenters. The van der Waals surface area contributed by atoms with Crippen molar-refractivity contribution in [1.29, 1.82) is 0 Å². The van der Waals surface area contributed by atoms with Gasteiger partial charge in [0.15, 0.2) is 0 Å². The van der Waals surface area contributed by atoms with Gasteiger partial charge in [0.05, 0.1) is 0 Å². The third-order valence-electron chi connectivity index (χ3n) is 5.22. The van der Waals surface area contributed by atoms with E-state index < -0.39 is 5.60 Å². The van der Waals surface area contributed by atoms with Crippen molar-refractivity contribution in [1.82, 2.24) is 10.6 Å². The number of carbonyl (C=O) groups is 1. The lowest BCUT2D eigenvalue weighted by atomic mass is 9.69. The fourth-order valence-electron chi connectivity index (χ4n) is 3.34. The minimum Gasteiger partial charge on any atom is -0.444 e. The molecule has 0 saturated heterocycles. The third kappa shape index (κ3) is 7.56. The zero-order chi connectivity index (χ0) is 17.7. The third-order valence-corrected chi connectivity index (χ3v) is 5.22. The van der Waals surface area contributed by atoms with Crippen molar-refractivity contribution >= 4 is 6.09 Å². The first-order valence-corrected chi connectivity index (χ1v) is 9.26. The summed E-state index contributed by atoms with van der Waals surface area (Å²) < 4.78 is 5.26. The highest BCUT2D eigenvalue weighted by atomic mass is 16.6. The molecule has 0 aromatic rings. The van der Waals surface area contributed by atoms with Gasteiger partial charge in [-0.25, -0.2) is 4.79 Å². The van der Waals surface area contributed by atoms with Gasteiger partial charge in [0.2, 0.25) is 0 Å². The van der Waals surface area contributed by atoms with Crippen LogP contribution in [0, 0.1) is 11.3 Å². The normalized spacial score (nSPS) is 24.1. The van der Waals surface area contributed by atoms with Crippen LogP contribution in [-0.2, 0) is 4.74 Å². The minimum atomic E-state index is -0.439. The molecule has 4 heteroatoms. The van der Waals surface area contributed by atoms with Gasteiger partial charge in [-0.2, -0.15) is 0 Å². The van der Waals surface area contributed by atoms with Crippen molar-refractivity contribution in [2.24, 2.45) is 11.3 Å². The van der Waals surface area contributed by atoms with Gasteiger partial charge < -0.3 is 15.4 Å². The van der Waals surface area contributed by atoms with Crippen LogP contribution in [0.4, 0.5) is 4.79 Å². The fourth-order valence-corrected chi connectivity index (χ4v) is 3.34. The highest BCUT2D eigenvalue weighted by molar-refractivity contribution is 5.67. The molecule has 0 bridgehead atoms. The lowest BCUT2D eigenvalue weighted by Gasteiger charge is -2.39. The van der Waals surface area contributed by atoms with Crippen LogP contribution in [0.1, 0.15) is 80.6 Å². The Morgan fingerprint density at radius 2 is 1.70 bits per heavy atom. The number of hydrogen-bond acceptors (Lipinski definition) is 3. The summed E-state index contributed by atoms with van der Waals surface area (Å²) in [5.74, 6) is 0.848. The van der Waals surface area contributed by atoms with Gasteiger partial charge in [0.25, 0.3) is 0 Å². The van der Waals surface area contributed by atoms with Crippen LogP contribution in [0.5, 0.6) is 0 Å². The molecule has 2 N–H and O–H groups in total. The molecule has 1 aliphatic rings. The van der Waals surface area contributed by atoms with Crippen LogP contribution in [0.15, 0.2) is 0 Å². The molecule has 1 saturated carbocycles. The second-order valence-corrected chi connectivity index (χ2v) is 8.84. The first-order chi connectivity index (χ1) is 10.5. The van der Waals surface area contributed by atoms with Gasteiger partial charge in [-0.05, 0) is 64.7 Å². The number of carbonyl (C=O) groups excluding carboxylic acids is 1. The number of nitrogens with one attached hydrogen (secondary N) is 2. The summed E-state index contributed by atoms with van der Waals surface area (Å²) in [7, 11) is 0. The predicted molar refractivity (Wildman–Crippen MR) is 96.7 cm³/mol. The molecule has 0 aliphatic heterocycles. The average Bonchev–Trinajstić information content (AvgIpc) is 2.44. The molecule has 1 amide bonds. The molecule has 136 valence electrons. The van der Waals surface area contributed by atoms with Gasteiger partial charge in [0, 0.05) is 18.6 Å². The van der Waals surface area contributed by atoms with E-state index >= 15 is 0 Å². The average molecular weight is 327 g/mol. The first kappa shape index (κ1) is 20.3. The van der Waals surface area contributed by atoms with Crippen molar-refractivity contribution < 1.29 is 9.53 Å².